The number of nitrogens with zero attached hydrogens (tertiary/aromatic N) is 3. The van der Waals surface area contributed by atoms with Crippen molar-refractivity contribution in [2.45, 2.75) is 25.1 Å². The molecule has 212 valence electrons. The van der Waals surface area contributed by atoms with Crippen LogP contribution in [0.4, 0.5) is 5.69 Å². The first-order valence-corrected chi connectivity index (χ1v) is 15.5. The van der Waals surface area contributed by atoms with E-state index < -0.39 is 0 Å². The molecule has 1 aliphatic heterocycles. The number of anilines is 1. The Labute approximate surface area is 255 Å². The predicted molar refractivity (Wildman–Crippen MR) is 180 cm³/mol. The van der Waals surface area contributed by atoms with Crippen LogP contribution in [0.15, 0.2) is 103 Å². The van der Waals surface area contributed by atoms with Gasteiger partial charge in [-0.1, -0.05) is 79.9 Å². The van der Waals surface area contributed by atoms with E-state index in [0.717, 1.165) is 38.9 Å². The molecule has 0 radical (unpaired) electrons. The second-order valence-electron chi connectivity index (χ2n) is 10.4. The van der Waals surface area contributed by atoms with Gasteiger partial charge in [0.05, 0.1) is 11.9 Å². The number of thiophene rings is 2. The molecule has 3 aromatic carbocycles. The van der Waals surface area contributed by atoms with E-state index in [2.05, 4.69) is 115 Å². The molecule has 0 spiro atoms. The summed E-state index contributed by atoms with van der Waals surface area (Å²) in [6, 6.07) is 29.8. The maximum absolute atomic E-state index is 6.18. The van der Waals surface area contributed by atoms with Gasteiger partial charge < -0.3 is 10.1 Å². The first-order chi connectivity index (χ1) is 20.5. The van der Waals surface area contributed by atoms with Gasteiger partial charge in [0, 0.05) is 31.4 Å². The molecule has 1 N–H and O–H groups in total. The minimum absolute atomic E-state index is 0.0733. The summed E-state index contributed by atoms with van der Waals surface area (Å²) in [5.41, 5.74) is 4.32. The van der Waals surface area contributed by atoms with E-state index in [1.807, 2.05) is 47.8 Å². The number of hydrogen-bond acceptors (Lipinski definition) is 7. The Morgan fingerprint density at radius 1 is 0.952 bits per heavy atom. The Hall–Kier alpha value is -4.01. The van der Waals surface area contributed by atoms with Crippen molar-refractivity contribution in [3.8, 4) is 5.75 Å². The van der Waals surface area contributed by atoms with E-state index in [1.165, 1.54) is 20.5 Å². The number of para-hydroxylation sites is 2. The van der Waals surface area contributed by atoms with Crippen LogP contribution in [0.5, 0.6) is 5.75 Å². The average molecular weight is 591 g/mol. The lowest BCUT2D eigenvalue weighted by Crippen LogP contribution is -2.38. The lowest BCUT2D eigenvalue weighted by molar-refractivity contribution is 0.0463. The van der Waals surface area contributed by atoms with E-state index in [9.17, 15) is 0 Å². The predicted octanol–water partition coefficient (Wildman–Crippen LogP) is 9.21. The largest absolute Gasteiger partial charge is 0.464 e. The third kappa shape index (κ3) is 5.44. The number of benzene rings is 3. The van der Waals surface area contributed by atoms with E-state index in [0.29, 0.717) is 0 Å². The summed E-state index contributed by atoms with van der Waals surface area (Å²) in [5.74, 6) is 0.876. The third-order valence-electron chi connectivity index (χ3n) is 7.67. The normalized spacial score (nSPS) is 15.7. The molecule has 6 rings (SSSR count). The average Bonchev–Trinajstić information content (AvgIpc) is 3.74. The van der Waals surface area contributed by atoms with E-state index >= 15 is 0 Å². The smallest absolute Gasteiger partial charge is 0.196 e. The number of fused-ring (bicyclic) bond motifs is 2. The molecule has 1 aliphatic rings. The number of rotatable bonds is 11. The summed E-state index contributed by atoms with van der Waals surface area (Å²) < 4.78 is 7.48. The van der Waals surface area contributed by atoms with Crippen LogP contribution in [0.2, 0.25) is 0 Å². The van der Waals surface area contributed by atoms with Crippen molar-refractivity contribution >= 4 is 57.3 Å². The van der Waals surface area contributed by atoms with Crippen LogP contribution in [0.25, 0.3) is 22.2 Å². The van der Waals surface area contributed by atoms with Crippen molar-refractivity contribution in [1.82, 2.24) is 9.80 Å². The highest BCUT2D eigenvalue weighted by Gasteiger charge is 2.30. The molecule has 0 saturated heterocycles. The molecular weight excluding hydrogens is 557 g/mol. The van der Waals surface area contributed by atoms with Crippen molar-refractivity contribution in [3.05, 3.63) is 129 Å². The van der Waals surface area contributed by atoms with Crippen LogP contribution in [0, 0.1) is 0 Å². The lowest BCUT2D eigenvalue weighted by atomic mass is 10.1. The second-order valence-corrected chi connectivity index (χ2v) is 12.7. The van der Waals surface area contributed by atoms with Gasteiger partial charge in [-0.3, -0.25) is 14.8 Å². The van der Waals surface area contributed by atoms with Crippen molar-refractivity contribution in [2.75, 3.05) is 19.4 Å². The zero-order valence-electron chi connectivity index (χ0n) is 23.9. The van der Waals surface area contributed by atoms with Crippen LogP contribution in [0.3, 0.4) is 0 Å². The number of aliphatic imine (C=N–C) groups is 1. The first-order valence-electron chi connectivity index (χ1n) is 13.8. The van der Waals surface area contributed by atoms with Gasteiger partial charge in [0.25, 0.3) is 0 Å². The van der Waals surface area contributed by atoms with Crippen LogP contribution in [-0.2, 0) is 6.54 Å². The number of hydrogen-bond donors (Lipinski definition) is 1. The van der Waals surface area contributed by atoms with Crippen LogP contribution in [0.1, 0.15) is 49.9 Å². The molecule has 42 heavy (non-hydrogen) atoms. The van der Waals surface area contributed by atoms with Gasteiger partial charge >= 0.3 is 0 Å². The Kier molecular flexibility index (Phi) is 8.09. The van der Waals surface area contributed by atoms with Crippen molar-refractivity contribution < 1.29 is 4.74 Å². The minimum Gasteiger partial charge on any atom is -0.464 e. The molecule has 2 aromatic heterocycles. The number of ether oxygens (including phenoxy) is 1. The molecule has 5 nitrogen and oxygen atoms in total. The summed E-state index contributed by atoms with van der Waals surface area (Å²) >= 11 is 3.53. The zero-order chi connectivity index (χ0) is 29.2. The molecule has 0 fully saturated rings. The highest BCUT2D eigenvalue weighted by atomic mass is 32.1. The van der Waals surface area contributed by atoms with Gasteiger partial charge in [-0.05, 0) is 67.7 Å². The molecule has 7 heteroatoms. The van der Waals surface area contributed by atoms with Crippen molar-refractivity contribution in [2.24, 2.45) is 4.99 Å². The summed E-state index contributed by atoms with van der Waals surface area (Å²) in [6.07, 6.45) is 3.22. The van der Waals surface area contributed by atoms with Crippen LogP contribution < -0.4 is 10.1 Å². The summed E-state index contributed by atoms with van der Waals surface area (Å²) in [7, 11) is 4.30. The van der Waals surface area contributed by atoms with Crippen LogP contribution >= 0.6 is 22.7 Å². The van der Waals surface area contributed by atoms with Crippen molar-refractivity contribution in [1.29, 1.82) is 0 Å². The fraction of sp³-hybridized carbons (Fsp3) is 0.171. The molecule has 0 bridgehead atoms. The second kappa shape index (κ2) is 12.1. The fourth-order valence-corrected chi connectivity index (χ4v) is 7.92. The Bertz CT molecular complexity index is 1650. The molecule has 5 aromatic rings. The topological polar surface area (TPSA) is 40.1 Å². The van der Waals surface area contributed by atoms with Gasteiger partial charge in [0.15, 0.2) is 6.23 Å². The lowest BCUT2D eigenvalue weighted by Gasteiger charge is -2.38. The SMILES string of the molecule is C=Cc1cc(C(N=C)N(C)C(c2ccc(C3Nc4ccccc4O3)cc2)N(C)Cc2cc3ccccc3s2)sc1C=C. The van der Waals surface area contributed by atoms with Gasteiger partial charge in [-0.25, -0.2) is 0 Å². The van der Waals surface area contributed by atoms with Gasteiger partial charge in [-0.2, -0.15) is 0 Å². The Morgan fingerprint density at radius 2 is 1.71 bits per heavy atom. The van der Waals surface area contributed by atoms with Gasteiger partial charge in [0.2, 0.25) is 0 Å². The van der Waals surface area contributed by atoms with Gasteiger partial charge in [-0.15, -0.1) is 22.7 Å². The molecule has 3 atom stereocenters. The molecule has 3 heterocycles. The fourth-order valence-electron chi connectivity index (χ4n) is 5.67. The molecular formula is C35H34N4OS2. The molecule has 3 unspecified atom stereocenters. The quantitative estimate of drug-likeness (QED) is 0.123. The summed E-state index contributed by atoms with van der Waals surface area (Å²) in [5, 5.41) is 4.76. The summed E-state index contributed by atoms with van der Waals surface area (Å²) in [6.45, 7) is 12.8. The third-order valence-corrected chi connectivity index (χ3v) is 9.96. The number of nitrogens with one attached hydrogen (secondary N) is 1. The zero-order valence-corrected chi connectivity index (χ0v) is 25.5. The maximum atomic E-state index is 6.18. The maximum Gasteiger partial charge on any atom is 0.196 e. The monoisotopic (exact) mass is 590 g/mol. The Balaban J connectivity index is 1.32. The molecule has 0 saturated carbocycles. The van der Waals surface area contributed by atoms with E-state index in [1.54, 1.807) is 11.3 Å². The standard InChI is InChI=1S/C35H34N4OS2/c1-6-23-21-32(42-30(23)7-2)33(36-3)39(5)35(38(4)22-27-20-26-12-8-11-15-31(26)41-27)25-18-16-24(17-19-25)34-37-28-13-9-10-14-29(28)40-34/h6-21,33-35,37H,1-3,22H2,4-5H3. The molecule has 0 aliphatic carbocycles. The van der Waals surface area contributed by atoms with E-state index in [-0.39, 0.29) is 18.6 Å². The van der Waals surface area contributed by atoms with Crippen molar-refractivity contribution in [3.63, 3.8) is 0 Å². The minimum atomic E-state index is -0.244. The van der Waals surface area contributed by atoms with Gasteiger partial charge in [0.1, 0.15) is 11.9 Å². The highest BCUT2D eigenvalue weighted by Crippen LogP contribution is 2.40. The molecule has 0 amide bonds. The first kappa shape index (κ1) is 28.1. The van der Waals surface area contributed by atoms with E-state index in [4.69, 9.17) is 4.74 Å². The Morgan fingerprint density at radius 3 is 2.40 bits per heavy atom. The summed E-state index contributed by atoms with van der Waals surface area (Å²) in [4.78, 5) is 12.8. The highest BCUT2D eigenvalue weighted by molar-refractivity contribution is 7.19. The van der Waals surface area contributed by atoms with Crippen LogP contribution in [-0.4, -0.2) is 30.6 Å².